The van der Waals surface area contributed by atoms with E-state index in [1.807, 2.05) is 12.1 Å². The molecule has 4 heteroatoms. The molecule has 1 aromatic rings. The molecule has 0 radical (unpaired) electrons. The minimum absolute atomic E-state index is 0.0137. The van der Waals surface area contributed by atoms with Crippen molar-refractivity contribution in [1.82, 2.24) is 5.32 Å². The van der Waals surface area contributed by atoms with Gasteiger partial charge < -0.3 is 20.1 Å². The molecule has 1 aliphatic heterocycles. The molecule has 1 aromatic carbocycles. The SMILES string of the molecule is COc1ccc(N2C(CO)CNCC2(C)C)cc1. The molecule has 1 fully saturated rings. The average molecular weight is 250 g/mol. The maximum absolute atomic E-state index is 9.55. The fraction of sp³-hybridized carbons (Fsp3) is 0.571. The number of nitrogens with one attached hydrogen (secondary N) is 1. The fourth-order valence-corrected chi connectivity index (χ4v) is 2.66. The van der Waals surface area contributed by atoms with Crippen LogP contribution in [0.25, 0.3) is 0 Å². The smallest absolute Gasteiger partial charge is 0.119 e. The van der Waals surface area contributed by atoms with Gasteiger partial charge in [-0.15, -0.1) is 0 Å². The van der Waals surface area contributed by atoms with Crippen LogP contribution in [0.2, 0.25) is 0 Å². The van der Waals surface area contributed by atoms with Gasteiger partial charge in [0.2, 0.25) is 0 Å². The highest BCUT2D eigenvalue weighted by Gasteiger charge is 2.35. The Hall–Kier alpha value is -1.26. The number of hydrogen-bond donors (Lipinski definition) is 2. The first kappa shape index (κ1) is 13.2. The molecule has 0 amide bonds. The quantitative estimate of drug-likeness (QED) is 0.847. The number of hydrogen-bond acceptors (Lipinski definition) is 4. The van der Waals surface area contributed by atoms with Crippen molar-refractivity contribution >= 4 is 5.69 Å². The van der Waals surface area contributed by atoms with Gasteiger partial charge in [0, 0.05) is 24.3 Å². The summed E-state index contributed by atoms with van der Waals surface area (Å²) in [7, 11) is 1.67. The fourth-order valence-electron chi connectivity index (χ4n) is 2.66. The highest BCUT2D eigenvalue weighted by Crippen LogP contribution is 2.29. The second-order valence-corrected chi connectivity index (χ2v) is 5.35. The van der Waals surface area contributed by atoms with Crippen LogP contribution in [0.5, 0.6) is 5.75 Å². The number of aliphatic hydroxyl groups excluding tert-OH is 1. The number of aliphatic hydroxyl groups is 1. The highest BCUT2D eigenvalue weighted by molar-refractivity contribution is 5.53. The summed E-state index contributed by atoms with van der Waals surface area (Å²) < 4.78 is 5.18. The largest absolute Gasteiger partial charge is 0.497 e. The molecule has 0 saturated carbocycles. The lowest BCUT2D eigenvalue weighted by atomic mass is 9.95. The van der Waals surface area contributed by atoms with Crippen molar-refractivity contribution in [3.63, 3.8) is 0 Å². The van der Waals surface area contributed by atoms with Crippen molar-refractivity contribution < 1.29 is 9.84 Å². The minimum atomic E-state index is -0.0137. The second-order valence-electron chi connectivity index (χ2n) is 5.35. The molecule has 2 N–H and O–H groups in total. The third kappa shape index (κ3) is 2.44. The first-order valence-corrected chi connectivity index (χ1v) is 6.33. The lowest BCUT2D eigenvalue weighted by molar-refractivity contribution is 0.212. The van der Waals surface area contributed by atoms with E-state index < -0.39 is 0 Å². The molecule has 0 spiro atoms. The van der Waals surface area contributed by atoms with Gasteiger partial charge in [0.1, 0.15) is 5.75 Å². The van der Waals surface area contributed by atoms with Crippen LogP contribution >= 0.6 is 0 Å². The third-order valence-electron chi connectivity index (χ3n) is 3.52. The van der Waals surface area contributed by atoms with E-state index >= 15 is 0 Å². The molecule has 0 bridgehead atoms. The van der Waals surface area contributed by atoms with Crippen LogP contribution < -0.4 is 15.0 Å². The van der Waals surface area contributed by atoms with Crippen molar-refractivity contribution in [3.05, 3.63) is 24.3 Å². The average Bonchev–Trinajstić information content (AvgIpc) is 2.37. The number of methoxy groups -OCH3 is 1. The Morgan fingerprint density at radius 1 is 1.39 bits per heavy atom. The van der Waals surface area contributed by atoms with Crippen LogP contribution in [0.4, 0.5) is 5.69 Å². The Labute approximate surface area is 109 Å². The standard InChI is InChI=1S/C14H22N2O2/c1-14(2)10-15-8-12(9-17)16(14)11-4-6-13(18-3)7-5-11/h4-7,12,15,17H,8-10H2,1-3H3. The lowest BCUT2D eigenvalue weighted by Crippen LogP contribution is -2.64. The molecule has 2 rings (SSSR count). The van der Waals surface area contributed by atoms with E-state index in [0.29, 0.717) is 0 Å². The number of benzene rings is 1. The van der Waals surface area contributed by atoms with Gasteiger partial charge in [-0.25, -0.2) is 0 Å². The maximum atomic E-state index is 9.55. The Balaban J connectivity index is 2.30. The zero-order chi connectivity index (χ0) is 13.2. The van der Waals surface area contributed by atoms with E-state index in [0.717, 1.165) is 24.5 Å². The van der Waals surface area contributed by atoms with Crippen LogP contribution in [-0.2, 0) is 0 Å². The molecule has 18 heavy (non-hydrogen) atoms. The van der Waals surface area contributed by atoms with E-state index in [2.05, 4.69) is 36.2 Å². The number of nitrogens with zero attached hydrogens (tertiary/aromatic N) is 1. The van der Waals surface area contributed by atoms with Crippen molar-refractivity contribution in [3.8, 4) is 5.75 Å². The number of piperazine rings is 1. The molecule has 0 aromatic heterocycles. The zero-order valence-electron chi connectivity index (χ0n) is 11.3. The van der Waals surface area contributed by atoms with Crippen molar-refractivity contribution in [2.75, 3.05) is 31.7 Å². The topological polar surface area (TPSA) is 44.7 Å². The Kier molecular flexibility index (Phi) is 3.78. The van der Waals surface area contributed by atoms with Crippen molar-refractivity contribution in [2.24, 2.45) is 0 Å². The summed E-state index contributed by atoms with van der Waals surface area (Å²) in [6.45, 7) is 6.25. The second kappa shape index (κ2) is 5.16. The molecule has 1 heterocycles. The number of anilines is 1. The van der Waals surface area contributed by atoms with Gasteiger partial charge in [-0.1, -0.05) is 0 Å². The van der Waals surface area contributed by atoms with Crippen molar-refractivity contribution in [1.29, 1.82) is 0 Å². The zero-order valence-corrected chi connectivity index (χ0v) is 11.3. The summed E-state index contributed by atoms with van der Waals surface area (Å²) in [6.07, 6.45) is 0. The van der Waals surface area contributed by atoms with Crippen LogP contribution in [0.1, 0.15) is 13.8 Å². The minimum Gasteiger partial charge on any atom is -0.497 e. The van der Waals surface area contributed by atoms with Gasteiger partial charge >= 0.3 is 0 Å². The van der Waals surface area contributed by atoms with Gasteiger partial charge in [0.05, 0.1) is 19.8 Å². The molecule has 1 saturated heterocycles. The predicted octanol–water partition coefficient (Wildman–Crippen LogP) is 1.24. The highest BCUT2D eigenvalue weighted by atomic mass is 16.5. The van der Waals surface area contributed by atoms with Crippen LogP contribution in [0.3, 0.4) is 0 Å². The molecule has 1 atom stereocenters. The molecule has 4 nitrogen and oxygen atoms in total. The maximum Gasteiger partial charge on any atom is 0.119 e. The Morgan fingerprint density at radius 3 is 2.61 bits per heavy atom. The summed E-state index contributed by atoms with van der Waals surface area (Å²) in [5.41, 5.74) is 1.11. The predicted molar refractivity (Wildman–Crippen MR) is 73.3 cm³/mol. The summed E-state index contributed by atoms with van der Waals surface area (Å²) in [5, 5.41) is 12.9. The van der Waals surface area contributed by atoms with E-state index in [-0.39, 0.29) is 18.2 Å². The summed E-state index contributed by atoms with van der Waals surface area (Å²) in [6, 6.07) is 8.13. The Morgan fingerprint density at radius 2 is 2.06 bits per heavy atom. The van der Waals surface area contributed by atoms with Crippen LogP contribution in [0, 0.1) is 0 Å². The molecular weight excluding hydrogens is 228 g/mol. The first-order valence-electron chi connectivity index (χ1n) is 6.33. The molecule has 1 unspecified atom stereocenters. The van der Waals surface area contributed by atoms with Crippen LogP contribution in [-0.4, -0.2) is 43.5 Å². The third-order valence-corrected chi connectivity index (χ3v) is 3.52. The van der Waals surface area contributed by atoms with Gasteiger partial charge in [-0.3, -0.25) is 0 Å². The lowest BCUT2D eigenvalue weighted by Gasteiger charge is -2.49. The molecule has 100 valence electrons. The van der Waals surface area contributed by atoms with Gasteiger partial charge in [0.25, 0.3) is 0 Å². The number of ether oxygens (including phenoxy) is 1. The van der Waals surface area contributed by atoms with Gasteiger partial charge in [-0.05, 0) is 38.1 Å². The van der Waals surface area contributed by atoms with Gasteiger partial charge in [0.15, 0.2) is 0 Å². The summed E-state index contributed by atoms with van der Waals surface area (Å²) in [4.78, 5) is 2.29. The normalized spacial score (nSPS) is 22.9. The van der Waals surface area contributed by atoms with Crippen LogP contribution in [0.15, 0.2) is 24.3 Å². The Bertz CT molecular complexity index is 389. The summed E-state index contributed by atoms with van der Waals surface area (Å²) in [5.74, 6) is 0.854. The monoisotopic (exact) mass is 250 g/mol. The van der Waals surface area contributed by atoms with E-state index in [1.165, 1.54) is 0 Å². The summed E-state index contributed by atoms with van der Waals surface area (Å²) >= 11 is 0. The van der Waals surface area contributed by atoms with E-state index in [1.54, 1.807) is 7.11 Å². The molecule has 0 aliphatic carbocycles. The molecule has 1 aliphatic rings. The number of rotatable bonds is 3. The molecular formula is C14H22N2O2. The first-order chi connectivity index (χ1) is 8.58. The van der Waals surface area contributed by atoms with Gasteiger partial charge in [-0.2, -0.15) is 0 Å². The van der Waals surface area contributed by atoms with E-state index in [9.17, 15) is 5.11 Å². The van der Waals surface area contributed by atoms with E-state index in [4.69, 9.17) is 4.74 Å². The van der Waals surface area contributed by atoms with Crippen molar-refractivity contribution in [2.45, 2.75) is 25.4 Å².